The molecular formula is C30H38Zr. The second kappa shape index (κ2) is 7.99. The molecule has 0 amide bonds. The van der Waals surface area contributed by atoms with Crippen molar-refractivity contribution in [2.45, 2.75) is 81.7 Å². The molecule has 0 N–H and O–H groups in total. The Morgan fingerprint density at radius 2 is 1.10 bits per heavy atom. The van der Waals surface area contributed by atoms with E-state index in [4.69, 9.17) is 0 Å². The standard InChI is InChI=1S/2C13H15.C4H8.Zr/c2*1-9(2)12-6-4-5-11-7-10(3)8-13(11)12;1-3-4-2;/h2*4-9H,1-3H3;1-4H2;. The molecule has 1 saturated heterocycles. The van der Waals surface area contributed by atoms with Gasteiger partial charge in [-0.15, -0.1) is 0 Å². The zero-order valence-corrected chi connectivity index (χ0v) is 22.7. The van der Waals surface area contributed by atoms with E-state index in [1.165, 1.54) is 12.8 Å². The summed E-state index contributed by atoms with van der Waals surface area (Å²) in [5.74, 6) is 1.19. The van der Waals surface area contributed by atoms with Crippen LogP contribution in [0.3, 0.4) is 0 Å². The maximum absolute atomic E-state index is 2.65. The first-order valence-corrected chi connectivity index (χ1v) is 18.8. The first-order chi connectivity index (χ1) is 14.8. The SMILES string of the molecule is CC1=Cc2c(C(C)C)cccc2[CH]1[Zr]1([CH]2C(C)=Cc3c(C(C)C)cccc32)[CH2]CC[CH2]1. The van der Waals surface area contributed by atoms with Crippen molar-refractivity contribution in [3.8, 4) is 0 Å². The van der Waals surface area contributed by atoms with Crippen molar-refractivity contribution in [2.24, 2.45) is 0 Å². The number of allylic oxidation sites excluding steroid dienone is 2. The zero-order chi connectivity index (χ0) is 21.9. The van der Waals surface area contributed by atoms with E-state index in [0.717, 1.165) is 7.25 Å². The van der Waals surface area contributed by atoms with Crippen LogP contribution in [-0.2, 0) is 20.3 Å². The van der Waals surface area contributed by atoms with Crippen molar-refractivity contribution in [2.75, 3.05) is 0 Å². The molecule has 0 nitrogen and oxygen atoms in total. The molecule has 2 unspecified atom stereocenters. The van der Waals surface area contributed by atoms with Gasteiger partial charge in [0.2, 0.25) is 0 Å². The van der Waals surface area contributed by atoms with Gasteiger partial charge in [-0.3, -0.25) is 0 Å². The molecule has 0 spiro atoms. The average molecular weight is 490 g/mol. The van der Waals surface area contributed by atoms with Crippen LogP contribution in [0.25, 0.3) is 12.2 Å². The van der Waals surface area contributed by atoms with Gasteiger partial charge in [0.05, 0.1) is 0 Å². The predicted molar refractivity (Wildman–Crippen MR) is 133 cm³/mol. The third-order valence-corrected chi connectivity index (χ3v) is 24.3. The van der Waals surface area contributed by atoms with Crippen LogP contribution in [0.5, 0.6) is 0 Å². The first kappa shape index (κ1) is 21.6. The quantitative estimate of drug-likeness (QED) is 0.401. The number of hydrogen-bond acceptors (Lipinski definition) is 0. The van der Waals surface area contributed by atoms with Crippen molar-refractivity contribution in [3.63, 3.8) is 0 Å². The summed E-state index contributed by atoms with van der Waals surface area (Å²) in [7, 11) is 0. The van der Waals surface area contributed by atoms with Crippen molar-refractivity contribution >= 4 is 12.2 Å². The van der Waals surface area contributed by atoms with E-state index in [0.29, 0.717) is 11.8 Å². The summed E-state index contributed by atoms with van der Waals surface area (Å²) in [5.41, 5.74) is 13.0. The van der Waals surface area contributed by atoms with Gasteiger partial charge in [0.1, 0.15) is 0 Å². The van der Waals surface area contributed by atoms with E-state index >= 15 is 0 Å². The van der Waals surface area contributed by atoms with E-state index in [2.05, 4.69) is 90.1 Å². The molecule has 2 atom stereocenters. The Kier molecular flexibility index (Phi) is 5.57. The minimum atomic E-state index is -2.65. The Labute approximate surface area is 194 Å². The molecule has 2 aromatic carbocycles. The van der Waals surface area contributed by atoms with Gasteiger partial charge in [0, 0.05) is 0 Å². The Morgan fingerprint density at radius 1 is 0.677 bits per heavy atom. The first-order valence-electron chi connectivity index (χ1n) is 12.5. The van der Waals surface area contributed by atoms with Gasteiger partial charge < -0.3 is 0 Å². The molecule has 3 aliphatic rings. The van der Waals surface area contributed by atoms with Gasteiger partial charge in [0.25, 0.3) is 0 Å². The van der Waals surface area contributed by atoms with Crippen molar-refractivity contribution < 1.29 is 20.3 Å². The second-order valence-corrected chi connectivity index (χ2v) is 22.5. The van der Waals surface area contributed by atoms with Gasteiger partial charge >= 0.3 is 195 Å². The molecule has 162 valence electrons. The molecule has 0 radical (unpaired) electrons. The van der Waals surface area contributed by atoms with Crippen LogP contribution in [0.1, 0.15) is 107 Å². The van der Waals surface area contributed by atoms with Crippen molar-refractivity contribution in [1.29, 1.82) is 0 Å². The molecule has 0 aromatic heterocycles. The van der Waals surface area contributed by atoms with Gasteiger partial charge in [-0.1, -0.05) is 0 Å². The summed E-state index contributed by atoms with van der Waals surface area (Å²) >= 11 is -2.65. The van der Waals surface area contributed by atoms with Crippen LogP contribution in [0, 0.1) is 0 Å². The normalized spacial score (nSPS) is 23.9. The van der Waals surface area contributed by atoms with Crippen LogP contribution < -0.4 is 0 Å². The molecular weight excluding hydrogens is 452 g/mol. The predicted octanol–water partition coefficient (Wildman–Crippen LogP) is 9.33. The number of benzene rings is 2. The summed E-state index contributed by atoms with van der Waals surface area (Å²) < 4.78 is 4.62. The van der Waals surface area contributed by atoms with E-state index in [-0.39, 0.29) is 0 Å². The van der Waals surface area contributed by atoms with Crippen LogP contribution in [-0.4, -0.2) is 0 Å². The fourth-order valence-electron chi connectivity index (χ4n) is 7.46. The van der Waals surface area contributed by atoms with Gasteiger partial charge in [-0.05, 0) is 0 Å². The Bertz CT molecular complexity index is 994. The van der Waals surface area contributed by atoms with E-state index in [9.17, 15) is 0 Å². The number of hydrogen-bond donors (Lipinski definition) is 0. The van der Waals surface area contributed by atoms with Crippen LogP contribution >= 0.6 is 0 Å². The fourth-order valence-corrected chi connectivity index (χ4v) is 25.4. The topological polar surface area (TPSA) is 0 Å². The summed E-state index contributed by atoms with van der Waals surface area (Å²) in [6.45, 7) is 14.3. The van der Waals surface area contributed by atoms with E-state index in [1.807, 2.05) is 0 Å². The van der Waals surface area contributed by atoms with Crippen LogP contribution in [0.4, 0.5) is 0 Å². The van der Waals surface area contributed by atoms with Gasteiger partial charge in [-0.25, -0.2) is 0 Å². The maximum atomic E-state index is 2.59. The molecule has 5 rings (SSSR count). The average Bonchev–Trinajstić information content (AvgIpc) is 3.41. The molecule has 31 heavy (non-hydrogen) atoms. The molecule has 0 bridgehead atoms. The summed E-state index contributed by atoms with van der Waals surface area (Å²) in [6.07, 6.45) is 8.10. The summed E-state index contributed by atoms with van der Waals surface area (Å²) in [5, 5.41) is 0. The van der Waals surface area contributed by atoms with E-state index in [1.54, 1.807) is 52.8 Å². The monoisotopic (exact) mass is 488 g/mol. The summed E-state index contributed by atoms with van der Waals surface area (Å²) in [6, 6.07) is 14.4. The van der Waals surface area contributed by atoms with E-state index < -0.39 is 20.3 Å². The van der Waals surface area contributed by atoms with Crippen LogP contribution in [0.2, 0.25) is 8.26 Å². The third kappa shape index (κ3) is 3.25. The molecule has 1 aliphatic heterocycles. The van der Waals surface area contributed by atoms with Crippen molar-refractivity contribution in [1.82, 2.24) is 0 Å². The Balaban J connectivity index is 1.69. The van der Waals surface area contributed by atoms with Crippen LogP contribution in [0.15, 0.2) is 47.5 Å². The van der Waals surface area contributed by atoms with Gasteiger partial charge in [0.15, 0.2) is 0 Å². The molecule has 2 aliphatic carbocycles. The Morgan fingerprint density at radius 3 is 1.48 bits per heavy atom. The Hall–Kier alpha value is -1.20. The molecule has 1 heteroatoms. The second-order valence-electron chi connectivity index (χ2n) is 11.1. The minimum absolute atomic E-state index is 0.593. The third-order valence-electron chi connectivity index (χ3n) is 8.55. The molecule has 0 saturated carbocycles. The molecule has 1 heterocycles. The number of fused-ring (bicyclic) bond motifs is 2. The fraction of sp³-hybridized carbons (Fsp3) is 0.467. The van der Waals surface area contributed by atoms with Gasteiger partial charge in [-0.2, -0.15) is 0 Å². The van der Waals surface area contributed by atoms with Crippen molar-refractivity contribution in [3.05, 3.63) is 80.9 Å². The summed E-state index contributed by atoms with van der Waals surface area (Å²) in [4.78, 5) is 0. The molecule has 1 fully saturated rings. The number of rotatable bonds is 4. The zero-order valence-electron chi connectivity index (χ0n) is 20.3. The molecule has 2 aromatic rings.